The smallest absolute Gasteiger partial charge is 0.233 e. The third kappa shape index (κ3) is 3.90. The lowest BCUT2D eigenvalue weighted by Crippen LogP contribution is -2.67. The molecule has 2 aliphatic rings. The van der Waals surface area contributed by atoms with Crippen LogP contribution in [0.25, 0.3) is 0 Å². The second-order valence-corrected chi connectivity index (χ2v) is 9.02. The zero-order chi connectivity index (χ0) is 19.6. The van der Waals surface area contributed by atoms with Gasteiger partial charge in [0.1, 0.15) is 0 Å². The van der Waals surface area contributed by atoms with Gasteiger partial charge in [-0.25, -0.2) is 0 Å². The number of hydrogen-bond donors (Lipinski definition) is 1. The second kappa shape index (κ2) is 8.50. The zero-order valence-corrected chi connectivity index (χ0v) is 17.9. The highest BCUT2D eigenvalue weighted by Crippen LogP contribution is 2.44. The SMILES string of the molecule is CC(C)N(CCC1(c2ccccc2Cl)C(=O)NCN2CCCCC21)C(C)C. The van der Waals surface area contributed by atoms with Crippen molar-refractivity contribution in [2.45, 2.75) is 76.9 Å². The summed E-state index contributed by atoms with van der Waals surface area (Å²) in [7, 11) is 0. The van der Waals surface area contributed by atoms with Crippen LogP contribution in [0.3, 0.4) is 0 Å². The number of carbonyl (C=O) groups is 1. The molecule has 2 unspecified atom stereocenters. The third-order valence-corrected chi connectivity index (χ3v) is 6.81. The van der Waals surface area contributed by atoms with Crippen molar-refractivity contribution in [2.24, 2.45) is 0 Å². The van der Waals surface area contributed by atoms with Crippen LogP contribution in [0.4, 0.5) is 0 Å². The molecule has 1 N–H and O–H groups in total. The molecule has 3 rings (SSSR count). The van der Waals surface area contributed by atoms with Crippen LogP contribution in [-0.4, -0.2) is 53.6 Å². The molecular formula is C22H34ClN3O. The van der Waals surface area contributed by atoms with Gasteiger partial charge in [0.25, 0.3) is 0 Å². The van der Waals surface area contributed by atoms with Crippen LogP contribution in [0.1, 0.15) is 58.9 Å². The molecule has 0 aliphatic carbocycles. The normalized spacial score (nSPS) is 26.5. The Balaban J connectivity index is 2.03. The average Bonchev–Trinajstić information content (AvgIpc) is 2.63. The molecule has 1 aromatic rings. The minimum Gasteiger partial charge on any atom is -0.342 e. The minimum absolute atomic E-state index is 0.145. The van der Waals surface area contributed by atoms with E-state index in [4.69, 9.17) is 11.6 Å². The molecule has 27 heavy (non-hydrogen) atoms. The van der Waals surface area contributed by atoms with Crippen molar-refractivity contribution in [3.05, 3.63) is 34.9 Å². The number of carbonyl (C=O) groups excluding carboxylic acids is 1. The highest BCUT2D eigenvalue weighted by Gasteiger charge is 2.53. The van der Waals surface area contributed by atoms with Gasteiger partial charge >= 0.3 is 0 Å². The first-order valence-corrected chi connectivity index (χ1v) is 10.8. The molecule has 150 valence electrons. The van der Waals surface area contributed by atoms with Crippen molar-refractivity contribution in [3.63, 3.8) is 0 Å². The summed E-state index contributed by atoms with van der Waals surface area (Å²) < 4.78 is 0. The standard InChI is InChI=1S/C22H34ClN3O/c1-16(2)26(17(3)4)14-12-22(18-9-5-6-10-19(18)23)20-11-7-8-13-25(20)15-24-21(22)27/h5-6,9-10,16-17,20H,7-8,11-15H2,1-4H3,(H,24,27). The van der Waals surface area contributed by atoms with E-state index in [-0.39, 0.29) is 11.9 Å². The molecule has 2 heterocycles. The van der Waals surface area contributed by atoms with Crippen molar-refractivity contribution >= 4 is 17.5 Å². The molecular weight excluding hydrogens is 358 g/mol. The summed E-state index contributed by atoms with van der Waals surface area (Å²) in [6, 6.07) is 9.07. The summed E-state index contributed by atoms with van der Waals surface area (Å²) in [4.78, 5) is 18.4. The predicted molar refractivity (Wildman–Crippen MR) is 112 cm³/mol. The van der Waals surface area contributed by atoms with Crippen LogP contribution < -0.4 is 5.32 Å². The average molecular weight is 392 g/mol. The molecule has 4 nitrogen and oxygen atoms in total. The second-order valence-electron chi connectivity index (χ2n) is 8.61. The summed E-state index contributed by atoms with van der Waals surface area (Å²) in [5.74, 6) is 0.145. The summed E-state index contributed by atoms with van der Waals surface area (Å²) >= 11 is 6.67. The highest BCUT2D eigenvalue weighted by atomic mass is 35.5. The molecule has 0 aromatic heterocycles. The molecule has 2 atom stereocenters. The molecule has 2 saturated heterocycles. The lowest BCUT2D eigenvalue weighted by atomic mass is 9.66. The Hall–Kier alpha value is -1.10. The van der Waals surface area contributed by atoms with Crippen molar-refractivity contribution in [3.8, 4) is 0 Å². The predicted octanol–water partition coefficient (Wildman–Crippen LogP) is 4.03. The molecule has 1 aromatic carbocycles. The number of nitrogens with one attached hydrogen (secondary N) is 1. The van der Waals surface area contributed by atoms with Crippen LogP contribution >= 0.6 is 11.6 Å². The molecule has 0 spiro atoms. The number of hydrogen-bond acceptors (Lipinski definition) is 3. The maximum Gasteiger partial charge on any atom is 0.233 e. The van der Waals surface area contributed by atoms with E-state index in [2.05, 4.69) is 48.9 Å². The van der Waals surface area contributed by atoms with Gasteiger partial charge in [-0.2, -0.15) is 0 Å². The molecule has 5 heteroatoms. The molecule has 0 saturated carbocycles. The maximum absolute atomic E-state index is 13.5. The molecule has 2 aliphatic heterocycles. The number of piperidine rings is 1. The monoisotopic (exact) mass is 391 g/mol. The Morgan fingerprint density at radius 3 is 2.59 bits per heavy atom. The Morgan fingerprint density at radius 1 is 1.22 bits per heavy atom. The molecule has 0 bridgehead atoms. The quantitative estimate of drug-likeness (QED) is 0.795. The minimum atomic E-state index is -0.584. The fourth-order valence-electron chi connectivity index (χ4n) is 5.18. The number of rotatable bonds is 6. The van der Waals surface area contributed by atoms with Gasteiger partial charge in [-0.05, 0) is 58.6 Å². The Bertz CT molecular complexity index is 655. The van der Waals surface area contributed by atoms with E-state index in [0.29, 0.717) is 23.8 Å². The summed E-state index contributed by atoms with van der Waals surface area (Å²) in [6.07, 6.45) is 4.23. The van der Waals surface area contributed by atoms with Crippen molar-refractivity contribution in [1.82, 2.24) is 15.1 Å². The number of amides is 1. The van der Waals surface area contributed by atoms with Gasteiger partial charge in [-0.1, -0.05) is 36.2 Å². The fourth-order valence-corrected chi connectivity index (χ4v) is 5.48. The van der Waals surface area contributed by atoms with E-state index in [1.54, 1.807) is 0 Å². The lowest BCUT2D eigenvalue weighted by molar-refractivity contribution is -0.137. The first-order valence-electron chi connectivity index (χ1n) is 10.4. The van der Waals surface area contributed by atoms with Crippen LogP contribution in [0.2, 0.25) is 5.02 Å². The van der Waals surface area contributed by atoms with E-state index in [9.17, 15) is 4.79 Å². The summed E-state index contributed by atoms with van der Waals surface area (Å²) in [5, 5.41) is 3.90. The van der Waals surface area contributed by atoms with Gasteiger partial charge < -0.3 is 5.32 Å². The van der Waals surface area contributed by atoms with Crippen LogP contribution in [0.15, 0.2) is 24.3 Å². The van der Waals surface area contributed by atoms with Crippen LogP contribution in [0, 0.1) is 0 Å². The Labute approximate surface area is 169 Å². The summed E-state index contributed by atoms with van der Waals surface area (Å²) in [5.41, 5.74) is 0.409. The van der Waals surface area contributed by atoms with E-state index in [1.807, 2.05) is 18.2 Å². The van der Waals surface area contributed by atoms with E-state index in [0.717, 1.165) is 31.5 Å². The Morgan fingerprint density at radius 2 is 1.93 bits per heavy atom. The third-order valence-electron chi connectivity index (χ3n) is 6.48. The van der Waals surface area contributed by atoms with Gasteiger partial charge in [0, 0.05) is 36.2 Å². The van der Waals surface area contributed by atoms with Gasteiger partial charge in [0.05, 0.1) is 12.1 Å². The maximum atomic E-state index is 13.5. The number of halogens is 1. The van der Waals surface area contributed by atoms with E-state index >= 15 is 0 Å². The van der Waals surface area contributed by atoms with Gasteiger partial charge in [-0.15, -0.1) is 0 Å². The number of nitrogens with zero attached hydrogens (tertiary/aromatic N) is 2. The topological polar surface area (TPSA) is 35.6 Å². The number of fused-ring (bicyclic) bond motifs is 1. The Kier molecular flexibility index (Phi) is 6.50. The first kappa shape index (κ1) is 20.6. The highest BCUT2D eigenvalue weighted by molar-refractivity contribution is 6.31. The van der Waals surface area contributed by atoms with Gasteiger partial charge in [-0.3, -0.25) is 14.6 Å². The molecule has 0 radical (unpaired) electrons. The number of benzene rings is 1. The van der Waals surface area contributed by atoms with Crippen molar-refractivity contribution < 1.29 is 4.79 Å². The first-order chi connectivity index (χ1) is 12.9. The fraction of sp³-hybridized carbons (Fsp3) is 0.682. The van der Waals surface area contributed by atoms with Gasteiger partial charge in [0.15, 0.2) is 0 Å². The zero-order valence-electron chi connectivity index (χ0n) is 17.2. The van der Waals surface area contributed by atoms with E-state index in [1.165, 1.54) is 12.8 Å². The van der Waals surface area contributed by atoms with Gasteiger partial charge in [0.2, 0.25) is 5.91 Å². The van der Waals surface area contributed by atoms with Crippen molar-refractivity contribution in [1.29, 1.82) is 0 Å². The largest absolute Gasteiger partial charge is 0.342 e. The van der Waals surface area contributed by atoms with E-state index < -0.39 is 5.41 Å². The lowest BCUT2D eigenvalue weighted by Gasteiger charge is -2.52. The van der Waals surface area contributed by atoms with Crippen molar-refractivity contribution in [2.75, 3.05) is 19.8 Å². The molecule has 1 amide bonds. The van der Waals surface area contributed by atoms with Crippen LogP contribution in [0.5, 0.6) is 0 Å². The summed E-state index contributed by atoms with van der Waals surface area (Å²) in [6.45, 7) is 11.5. The van der Waals surface area contributed by atoms with Crippen LogP contribution in [-0.2, 0) is 10.2 Å². The molecule has 2 fully saturated rings.